The van der Waals surface area contributed by atoms with Crippen LogP contribution >= 0.6 is 22.9 Å². The van der Waals surface area contributed by atoms with Crippen LogP contribution < -0.4 is 5.32 Å². The second-order valence-corrected chi connectivity index (χ2v) is 5.16. The van der Waals surface area contributed by atoms with Gasteiger partial charge >= 0.3 is 0 Å². The molecule has 0 fully saturated rings. The van der Waals surface area contributed by atoms with E-state index in [4.69, 9.17) is 11.6 Å². The molecule has 2 heterocycles. The number of fused-ring (bicyclic) bond motifs is 1. The number of benzene rings is 1. The van der Waals surface area contributed by atoms with Crippen LogP contribution in [0.15, 0.2) is 47.2 Å². The van der Waals surface area contributed by atoms with Crippen molar-refractivity contribution in [3.05, 3.63) is 57.9 Å². The third kappa shape index (κ3) is 2.45. The first-order valence-electron chi connectivity index (χ1n) is 5.63. The van der Waals surface area contributed by atoms with Crippen LogP contribution in [0.3, 0.4) is 0 Å². The lowest BCUT2D eigenvalue weighted by atomic mass is 10.2. The van der Waals surface area contributed by atoms with Crippen LogP contribution in [-0.2, 0) is 0 Å². The Balaban J connectivity index is 1.98. The second-order valence-electron chi connectivity index (χ2n) is 3.97. The van der Waals surface area contributed by atoms with Crippen molar-refractivity contribution < 1.29 is 4.79 Å². The number of nitrogens with one attached hydrogen (secondary N) is 1. The monoisotopic (exact) mass is 288 g/mol. The number of hydrogen-bond donors (Lipinski definition) is 1. The van der Waals surface area contributed by atoms with Crippen molar-refractivity contribution in [2.75, 3.05) is 5.32 Å². The second kappa shape index (κ2) is 4.99. The van der Waals surface area contributed by atoms with Gasteiger partial charge in [-0.15, -0.1) is 0 Å². The molecule has 5 heteroatoms. The van der Waals surface area contributed by atoms with E-state index in [1.165, 1.54) is 11.3 Å². The summed E-state index contributed by atoms with van der Waals surface area (Å²) >= 11 is 7.69. The molecule has 0 atom stereocenters. The van der Waals surface area contributed by atoms with E-state index in [-0.39, 0.29) is 5.91 Å². The number of anilines is 1. The van der Waals surface area contributed by atoms with Crippen molar-refractivity contribution in [3.63, 3.8) is 0 Å². The van der Waals surface area contributed by atoms with Gasteiger partial charge in [0, 0.05) is 10.8 Å². The Kier molecular flexibility index (Phi) is 3.19. The molecule has 0 unspecified atom stereocenters. The predicted molar refractivity (Wildman–Crippen MR) is 79.0 cm³/mol. The minimum atomic E-state index is -0.258. The topological polar surface area (TPSA) is 42.0 Å². The number of carbonyl (C=O) groups is 1. The molecule has 3 rings (SSSR count). The number of rotatable bonds is 2. The van der Waals surface area contributed by atoms with Crippen LogP contribution in [0, 0.1) is 0 Å². The van der Waals surface area contributed by atoms with Crippen molar-refractivity contribution in [2.45, 2.75) is 0 Å². The van der Waals surface area contributed by atoms with E-state index in [0.29, 0.717) is 16.2 Å². The van der Waals surface area contributed by atoms with E-state index >= 15 is 0 Å². The van der Waals surface area contributed by atoms with Gasteiger partial charge in [0.2, 0.25) is 0 Å². The highest BCUT2D eigenvalue weighted by Gasteiger charge is 2.11. The Morgan fingerprint density at radius 1 is 1.26 bits per heavy atom. The van der Waals surface area contributed by atoms with E-state index in [9.17, 15) is 4.79 Å². The highest BCUT2D eigenvalue weighted by molar-refractivity contribution is 7.08. The van der Waals surface area contributed by atoms with Gasteiger partial charge in [-0.1, -0.05) is 29.8 Å². The maximum atomic E-state index is 12.1. The summed E-state index contributed by atoms with van der Waals surface area (Å²) in [6, 6.07) is 10.9. The Hall–Kier alpha value is -1.91. The molecule has 0 aliphatic rings. The minimum absolute atomic E-state index is 0.258. The SMILES string of the molecule is O=C(Nc1ccsc1)c1cc(Cl)c2ccccc2n1. The number of hydrogen-bond acceptors (Lipinski definition) is 3. The molecular formula is C14H9ClN2OS. The molecule has 3 nitrogen and oxygen atoms in total. The summed E-state index contributed by atoms with van der Waals surface area (Å²) < 4.78 is 0. The molecule has 19 heavy (non-hydrogen) atoms. The Bertz CT molecular complexity index is 740. The van der Waals surface area contributed by atoms with Gasteiger partial charge in [-0.25, -0.2) is 4.98 Å². The number of para-hydroxylation sites is 1. The van der Waals surface area contributed by atoms with E-state index < -0.39 is 0 Å². The highest BCUT2D eigenvalue weighted by Crippen LogP contribution is 2.23. The normalized spacial score (nSPS) is 10.6. The van der Waals surface area contributed by atoms with E-state index in [2.05, 4.69) is 10.3 Å². The number of thiophene rings is 1. The molecule has 2 aromatic heterocycles. The molecular weight excluding hydrogens is 280 g/mol. The van der Waals surface area contributed by atoms with Gasteiger partial charge in [-0.05, 0) is 23.6 Å². The predicted octanol–water partition coefficient (Wildman–Crippen LogP) is 4.20. The summed E-state index contributed by atoms with van der Waals surface area (Å²) in [5.41, 5.74) is 1.79. The molecule has 3 aromatic rings. The van der Waals surface area contributed by atoms with Gasteiger partial charge < -0.3 is 5.32 Å². The quantitative estimate of drug-likeness (QED) is 0.768. The molecule has 0 bridgehead atoms. The molecule has 0 aliphatic carbocycles. The molecule has 0 aliphatic heterocycles. The number of carbonyl (C=O) groups excluding carboxylic acids is 1. The number of pyridine rings is 1. The first kappa shape index (κ1) is 12.1. The Morgan fingerprint density at radius 3 is 2.89 bits per heavy atom. The summed E-state index contributed by atoms with van der Waals surface area (Å²) in [6.45, 7) is 0. The summed E-state index contributed by atoms with van der Waals surface area (Å²) in [5, 5.41) is 7.91. The van der Waals surface area contributed by atoms with Crippen molar-refractivity contribution in [2.24, 2.45) is 0 Å². The fourth-order valence-electron chi connectivity index (χ4n) is 1.78. The molecule has 0 saturated heterocycles. The molecule has 0 radical (unpaired) electrons. The summed E-state index contributed by atoms with van der Waals surface area (Å²) in [5.74, 6) is -0.258. The van der Waals surface area contributed by atoms with Gasteiger partial charge in [0.1, 0.15) is 5.69 Å². The third-order valence-electron chi connectivity index (χ3n) is 2.68. The number of nitrogens with zero attached hydrogens (tertiary/aromatic N) is 1. The van der Waals surface area contributed by atoms with Crippen LogP contribution in [-0.4, -0.2) is 10.9 Å². The zero-order valence-electron chi connectivity index (χ0n) is 9.76. The maximum absolute atomic E-state index is 12.1. The molecule has 1 amide bonds. The molecule has 0 saturated carbocycles. The fraction of sp³-hybridized carbons (Fsp3) is 0. The average Bonchev–Trinajstić information content (AvgIpc) is 2.91. The van der Waals surface area contributed by atoms with Crippen molar-refractivity contribution >= 4 is 45.4 Å². The minimum Gasteiger partial charge on any atom is -0.320 e. The van der Waals surface area contributed by atoms with E-state index in [1.54, 1.807) is 6.07 Å². The standard InChI is InChI=1S/C14H9ClN2OS/c15-11-7-13(14(18)16-9-5-6-19-8-9)17-12-4-2-1-3-10(11)12/h1-8H,(H,16,18). The summed E-state index contributed by atoms with van der Waals surface area (Å²) in [6.07, 6.45) is 0. The lowest BCUT2D eigenvalue weighted by Gasteiger charge is -2.05. The smallest absolute Gasteiger partial charge is 0.274 e. The van der Waals surface area contributed by atoms with Crippen LogP contribution in [0.5, 0.6) is 0 Å². The maximum Gasteiger partial charge on any atom is 0.274 e. The summed E-state index contributed by atoms with van der Waals surface area (Å²) in [7, 11) is 0. The van der Waals surface area contributed by atoms with E-state index in [0.717, 1.165) is 11.1 Å². The van der Waals surface area contributed by atoms with Crippen LogP contribution in [0.4, 0.5) is 5.69 Å². The number of amides is 1. The zero-order chi connectivity index (χ0) is 13.2. The summed E-state index contributed by atoms with van der Waals surface area (Å²) in [4.78, 5) is 16.4. The fourth-order valence-corrected chi connectivity index (χ4v) is 2.63. The number of aromatic nitrogens is 1. The van der Waals surface area contributed by atoms with Crippen LogP contribution in [0.1, 0.15) is 10.5 Å². The van der Waals surface area contributed by atoms with Gasteiger partial charge in [-0.2, -0.15) is 11.3 Å². The first-order valence-corrected chi connectivity index (χ1v) is 6.95. The largest absolute Gasteiger partial charge is 0.320 e. The van der Waals surface area contributed by atoms with Crippen LogP contribution in [0.2, 0.25) is 5.02 Å². The average molecular weight is 289 g/mol. The van der Waals surface area contributed by atoms with Gasteiger partial charge in [-0.3, -0.25) is 4.79 Å². The van der Waals surface area contributed by atoms with Crippen molar-refractivity contribution in [3.8, 4) is 0 Å². The van der Waals surface area contributed by atoms with Gasteiger partial charge in [0.25, 0.3) is 5.91 Å². The van der Waals surface area contributed by atoms with Crippen molar-refractivity contribution in [1.29, 1.82) is 0 Å². The molecule has 1 N–H and O–H groups in total. The molecule has 94 valence electrons. The van der Waals surface area contributed by atoms with Crippen molar-refractivity contribution in [1.82, 2.24) is 4.98 Å². The Morgan fingerprint density at radius 2 is 2.11 bits per heavy atom. The molecule has 1 aromatic carbocycles. The van der Waals surface area contributed by atoms with E-state index in [1.807, 2.05) is 41.1 Å². The van der Waals surface area contributed by atoms with Gasteiger partial charge in [0.15, 0.2) is 0 Å². The Labute approximate surface area is 118 Å². The first-order chi connectivity index (χ1) is 9.24. The zero-order valence-corrected chi connectivity index (χ0v) is 11.3. The van der Waals surface area contributed by atoms with Gasteiger partial charge in [0.05, 0.1) is 16.2 Å². The highest BCUT2D eigenvalue weighted by atomic mass is 35.5. The lowest BCUT2D eigenvalue weighted by molar-refractivity contribution is 0.102. The molecule has 0 spiro atoms. The third-order valence-corrected chi connectivity index (χ3v) is 3.67. The lowest BCUT2D eigenvalue weighted by Crippen LogP contribution is -2.13. The van der Waals surface area contributed by atoms with Crippen LogP contribution in [0.25, 0.3) is 10.9 Å². The number of halogens is 1.